The molecule has 4 fully saturated rings. The highest BCUT2D eigenvalue weighted by atomic mass is 19.2. The van der Waals surface area contributed by atoms with Crippen LogP contribution in [0, 0.1) is 17.6 Å². The molecule has 0 bridgehead atoms. The number of anilines is 4. The molecule has 2 aromatic carbocycles. The number of piperidine rings is 3. The summed E-state index contributed by atoms with van der Waals surface area (Å²) in [5, 5.41) is 8.50. The van der Waals surface area contributed by atoms with Gasteiger partial charge in [0.05, 0.1) is 18.4 Å². The van der Waals surface area contributed by atoms with Crippen molar-refractivity contribution in [1.82, 2.24) is 25.5 Å². The Balaban J connectivity index is 0.000000233. The number of alkyl halides is 1. The van der Waals surface area contributed by atoms with Gasteiger partial charge in [-0.25, -0.2) is 23.1 Å². The second-order valence-corrected chi connectivity index (χ2v) is 15.8. The molecule has 3 atom stereocenters. The lowest BCUT2D eigenvalue weighted by atomic mass is 9.90. The number of benzene rings is 2. The van der Waals surface area contributed by atoms with Crippen LogP contribution >= 0.6 is 0 Å². The summed E-state index contributed by atoms with van der Waals surface area (Å²) in [5.74, 6) is -2.04. The van der Waals surface area contributed by atoms with Crippen LogP contribution in [0.5, 0.6) is 0 Å². The lowest BCUT2D eigenvalue weighted by Crippen LogP contribution is -2.55. The van der Waals surface area contributed by atoms with E-state index >= 15 is 8.78 Å². The minimum atomic E-state index is -1.11. The predicted octanol–water partition coefficient (Wildman–Crippen LogP) is 6.46. The Bertz CT molecular complexity index is 1980. The molecule has 3 saturated heterocycles. The third-order valence-corrected chi connectivity index (χ3v) is 11.9. The van der Waals surface area contributed by atoms with Crippen molar-refractivity contribution >= 4 is 46.6 Å². The number of amides is 4. The monoisotopic (exact) mass is 837 g/mol. The summed E-state index contributed by atoms with van der Waals surface area (Å²) in [6.45, 7) is 6.22. The first-order valence-corrected chi connectivity index (χ1v) is 21.1. The average molecular weight is 838 g/mol. The zero-order valence-electron chi connectivity index (χ0n) is 34.2. The van der Waals surface area contributed by atoms with Gasteiger partial charge in [0.15, 0.2) is 5.82 Å². The molecule has 324 valence electrons. The van der Waals surface area contributed by atoms with Gasteiger partial charge < -0.3 is 20.4 Å². The Morgan fingerprint density at radius 2 is 1.70 bits per heavy atom. The SMILES string of the molecule is CCC(=O)N(CC)c1cccc(-c2nc(NF)ncc2F)c1.O=C1CCC(Nc2ccc(N3CCC(N4CCC(C(=O)NC5CCCCC5)CC4)C(F)C3)c(F)c2)C(=O)N1. The molecular weight excluding hydrogens is 783 g/mol. The number of nitrogens with zero attached hydrogens (tertiary/aromatic N) is 5. The van der Waals surface area contributed by atoms with Gasteiger partial charge in [0.1, 0.15) is 23.7 Å². The molecule has 0 radical (unpaired) electrons. The number of carbonyl (C=O) groups excluding carboxylic acids is 4. The molecule has 3 aliphatic heterocycles. The van der Waals surface area contributed by atoms with Gasteiger partial charge in [-0.05, 0) is 88.9 Å². The van der Waals surface area contributed by atoms with Crippen LogP contribution in [0.15, 0.2) is 48.7 Å². The van der Waals surface area contributed by atoms with E-state index in [-0.39, 0.29) is 54.3 Å². The van der Waals surface area contributed by atoms with Crippen LogP contribution in [0.2, 0.25) is 0 Å². The van der Waals surface area contributed by atoms with Crippen molar-refractivity contribution in [2.24, 2.45) is 5.92 Å². The smallest absolute Gasteiger partial charge is 0.252 e. The summed E-state index contributed by atoms with van der Waals surface area (Å²) < 4.78 is 56.7. The highest BCUT2D eigenvalue weighted by molar-refractivity contribution is 6.01. The normalized spacial score (nSPS) is 21.6. The van der Waals surface area contributed by atoms with Gasteiger partial charge in [-0.2, -0.15) is 5.54 Å². The van der Waals surface area contributed by atoms with Crippen LogP contribution in [0.1, 0.15) is 84.5 Å². The fourth-order valence-electron chi connectivity index (χ4n) is 8.60. The summed E-state index contributed by atoms with van der Waals surface area (Å²) in [5.41, 5.74) is 3.13. The van der Waals surface area contributed by atoms with Gasteiger partial charge in [-0.1, -0.05) is 38.3 Å². The van der Waals surface area contributed by atoms with Crippen LogP contribution < -0.4 is 31.3 Å². The van der Waals surface area contributed by atoms with Gasteiger partial charge >= 0.3 is 0 Å². The molecular formula is C43H55F4N9O4. The molecule has 1 aliphatic carbocycles. The van der Waals surface area contributed by atoms with Crippen LogP contribution in [0.3, 0.4) is 0 Å². The topological polar surface area (TPSA) is 152 Å². The summed E-state index contributed by atoms with van der Waals surface area (Å²) in [6.07, 6.45) is 8.63. The maximum absolute atomic E-state index is 15.4. The minimum Gasteiger partial charge on any atom is -0.374 e. The number of halogens is 4. The van der Waals surface area contributed by atoms with E-state index in [2.05, 4.69) is 30.8 Å². The number of rotatable bonds is 11. The molecule has 7 rings (SSSR count). The molecule has 3 unspecified atom stereocenters. The van der Waals surface area contributed by atoms with Gasteiger partial charge in [-0.15, -0.1) is 4.48 Å². The Kier molecular flexibility index (Phi) is 15.3. The molecule has 4 heterocycles. The molecule has 4 N–H and O–H groups in total. The second-order valence-electron chi connectivity index (χ2n) is 15.8. The Labute approximate surface area is 348 Å². The van der Waals surface area contributed by atoms with E-state index in [4.69, 9.17) is 0 Å². The maximum atomic E-state index is 15.4. The van der Waals surface area contributed by atoms with Crippen LogP contribution in [0.25, 0.3) is 11.3 Å². The van der Waals surface area contributed by atoms with E-state index in [1.807, 2.05) is 6.92 Å². The van der Waals surface area contributed by atoms with Gasteiger partial charge in [0.2, 0.25) is 23.6 Å². The molecule has 4 aliphatic rings. The lowest BCUT2D eigenvalue weighted by molar-refractivity contribution is -0.133. The predicted molar refractivity (Wildman–Crippen MR) is 221 cm³/mol. The molecule has 60 heavy (non-hydrogen) atoms. The number of imide groups is 1. The highest BCUT2D eigenvalue weighted by Crippen LogP contribution is 2.32. The number of hydrogen-bond donors (Lipinski definition) is 4. The van der Waals surface area contributed by atoms with E-state index in [1.165, 1.54) is 30.9 Å². The van der Waals surface area contributed by atoms with Crippen molar-refractivity contribution in [1.29, 1.82) is 0 Å². The minimum absolute atomic E-state index is 0.00715. The van der Waals surface area contributed by atoms with E-state index < -0.39 is 29.8 Å². The van der Waals surface area contributed by atoms with E-state index in [0.29, 0.717) is 74.1 Å². The van der Waals surface area contributed by atoms with Crippen molar-refractivity contribution in [3.8, 4) is 11.3 Å². The molecule has 1 aromatic heterocycles. The average Bonchev–Trinajstić information content (AvgIpc) is 3.26. The number of hydrogen-bond acceptors (Lipinski definition) is 10. The third-order valence-electron chi connectivity index (χ3n) is 11.9. The Hall–Kier alpha value is -5.32. The molecule has 1 saturated carbocycles. The third kappa shape index (κ3) is 11.1. The highest BCUT2D eigenvalue weighted by Gasteiger charge is 2.37. The number of nitrogens with one attached hydrogen (secondary N) is 4. The first kappa shape index (κ1) is 44.2. The number of likely N-dealkylation sites (tertiary alicyclic amines) is 1. The fraction of sp³-hybridized carbons (Fsp3) is 0.535. The van der Waals surface area contributed by atoms with E-state index in [9.17, 15) is 28.0 Å². The summed E-state index contributed by atoms with van der Waals surface area (Å²) in [4.78, 5) is 60.7. The number of carbonyl (C=O) groups is 4. The molecule has 0 spiro atoms. The van der Waals surface area contributed by atoms with Crippen molar-refractivity contribution in [2.75, 3.05) is 53.4 Å². The van der Waals surface area contributed by atoms with Crippen LogP contribution in [0.4, 0.5) is 40.7 Å². The zero-order chi connectivity index (χ0) is 42.8. The van der Waals surface area contributed by atoms with Crippen molar-refractivity contribution < 1.29 is 36.8 Å². The van der Waals surface area contributed by atoms with E-state index in [1.54, 1.807) is 53.1 Å². The Morgan fingerprint density at radius 1 is 0.933 bits per heavy atom. The standard InChI is InChI=1S/C28H39F2N5O3.C15H16F2N4O/c29-21-16-20(31-23-7-9-26(36)33-28(23)38)6-8-24(21)35-15-12-25(22(30)17-35)34-13-10-18(11-14-34)27(37)32-19-4-2-1-3-5-19;1-3-13(22)21(4-2)11-7-5-6-10(8-11)14-12(16)9-18-15(19-14)20-17/h6,8,16,18-19,22-23,25,31H,1-5,7,9-15,17H2,(H,32,37)(H,33,36,38);5-9H,3-4H2,1-2H3,(H,18,19,20). The second kappa shape index (κ2) is 20.8. The fourth-order valence-corrected chi connectivity index (χ4v) is 8.60. The first-order chi connectivity index (χ1) is 29.0. The zero-order valence-corrected chi connectivity index (χ0v) is 34.2. The molecule has 17 heteroatoms. The summed E-state index contributed by atoms with van der Waals surface area (Å²) in [6, 6.07) is 10.9. The van der Waals surface area contributed by atoms with Gasteiger partial charge in [0.25, 0.3) is 5.95 Å². The van der Waals surface area contributed by atoms with Gasteiger partial charge in [0, 0.05) is 60.9 Å². The van der Waals surface area contributed by atoms with E-state index in [0.717, 1.165) is 31.9 Å². The summed E-state index contributed by atoms with van der Waals surface area (Å²) in [7, 11) is 0. The maximum Gasteiger partial charge on any atom is 0.252 e. The Morgan fingerprint density at radius 3 is 2.37 bits per heavy atom. The van der Waals surface area contributed by atoms with Gasteiger partial charge in [-0.3, -0.25) is 29.4 Å². The molecule has 3 aromatic rings. The molecule has 4 amide bonds. The number of aromatic nitrogens is 2. The van der Waals surface area contributed by atoms with Crippen molar-refractivity contribution in [3.05, 3.63) is 60.3 Å². The van der Waals surface area contributed by atoms with Crippen LogP contribution in [-0.4, -0.2) is 95.5 Å². The quantitative estimate of drug-likeness (QED) is 0.0963. The van der Waals surface area contributed by atoms with Crippen molar-refractivity contribution in [2.45, 2.75) is 109 Å². The summed E-state index contributed by atoms with van der Waals surface area (Å²) >= 11 is 0. The lowest BCUT2D eigenvalue weighted by Gasteiger charge is -2.44. The first-order valence-electron chi connectivity index (χ1n) is 21.1. The van der Waals surface area contributed by atoms with Crippen molar-refractivity contribution in [3.63, 3.8) is 0 Å². The van der Waals surface area contributed by atoms with Crippen LogP contribution in [-0.2, 0) is 19.2 Å². The largest absolute Gasteiger partial charge is 0.374 e. The molecule has 13 nitrogen and oxygen atoms in total.